The molecular formula is C14H20O3. The van der Waals surface area contributed by atoms with Crippen molar-refractivity contribution in [3.05, 3.63) is 23.3 Å². The van der Waals surface area contributed by atoms with Gasteiger partial charge >= 0.3 is 5.97 Å². The molecule has 1 N–H and O–H groups in total. The van der Waals surface area contributed by atoms with Crippen LogP contribution in [0.25, 0.3) is 0 Å². The van der Waals surface area contributed by atoms with Gasteiger partial charge in [-0.2, -0.15) is 0 Å². The van der Waals surface area contributed by atoms with E-state index >= 15 is 0 Å². The van der Waals surface area contributed by atoms with Gasteiger partial charge in [0.05, 0.1) is 6.42 Å². The molecule has 3 nitrogen and oxygen atoms in total. The van der Waals surface area contributed by atoms with Crippen LogP contribution in [0.5, 0.6) is 0 Å². The average Bonchev–Trinajstić information content (AvgIpc) is 2.15. The first-order valence-corrected chi connectivity index (χ1v) is 5.97. The van der Waals surface area contributed by atoms with E-state index in [0.717, 1.165) is 30.4 Å². The van der Waals surface area contributed by atoms with Gasteiger partial charge in [0.2, 0.25) is 0 Å². The Bertz CT molecular complexity index is 386. The molecule has 0 aromatic carbocycles. The van der Waals surface area contributed by atoms with Crippen LogP contribution < -0.4 is 0 Å². The van der Waals surface area contributed by atoms with Crippen LogP contribution in [0, 0.1) is 5.41 Å². The minimum absolute atomic E-state index is 0.0338. The van der Waals surface area contributed by atoms with Crippen LogP contribution in [0.1, 0.15) is 46.5 Å². The maximum absolute atomic E-state index is 12.1. The number of allylic oxidation sites excluding steroid dienone is 3. The highest BCUT2D eigenvalue weighted by Gasteiger charge is 2.31. The highest BCUT2D eigenvalue weighted by molar-refractivity contribution is 6.05. The van der Waals surface area contributed by atoms with Crippen molar-refractivity contribution in [1.82, 2.24) is 0 Å². The van der Waals surface area contributed by atoms with Gasteiger partial charge in [-0.15, -0.1) is 0 Å². The van der Waals surface area contributed by atoms with Crippen molar-refractivity contribution < 1.29 is 14.7 Å². The number of ketones is 1. The molecule has 0 saturated heterocycles. The predicted molar refractivity (Wildman–Crippen MR) is 66.7 cm³/mol. The summed E-state index contributed by atoms with van der Waals surface area (Å²) in [4.78, 5) is 22.4. The van der Waals surface area contributed by atoms with Crippen molar-refractivity contribution in [3.8, 4) is 0 Å². The smallest absolute Gasteiger partial charge is 0.307 e. The molecule has 0 bridgehead atoms. The Morgan fingerprint density at radius 3 is 2.59 bits per heavy atom. The van der Waals surface area contributed by atoms with Gasteiger partial charge in [0.1, 0.15) is 0 Å². The molecule has 0 heterocycles. The number of hydrogen-bond donors (Lipinski definition) is 1. The third kappa shape index (κ3) is 3.55. The maximum atomic E-state index is 12.1. The van der Waals surface area contributed by atoms with Crippen LogP contribution in [-0.2, 0) is 9.59 Å². The lowest BCUT2D eigenvalue weighted by atomic mass is 9.71. The topological polar surface area (TPSA) is 54.4 Å². The Hall–Kier alpha value is -1.38. The molecule has 0 aromatic rings. The molecule has 0 radical (unpaired) electrons. The number of carbonyl (C=O) groups excluding carboxylic acids is 1. The van der Waals surface area contributed by atoms with E-state index in [1.165, 1.54) is 12.2 Å². The Kier molecular flexibility index (Phi) is 4.27. The summed E-state index contributed by atoms with van der Waals surface area (Å²) < 4.78 is 0. The molecule has 0 amide bonds. The van der Waals surface area contributed by atoms with Gasteiger partial charge in [-0.3, -0.25) is 9.59 Å². The normalized spacial score (nSPS) is 19.7. The highest BCUT2D eigenvalue weighted by Crippen LogP contribution is 2.40. The SMILES string of the molecule is CC1=C(C(=O)/C=C/CC(=O)O)C(C)(C)CCC1. The van der Waals surface area contributed by atoms with Crippen LogP contribution in [-0.4, -0.2) is 16.9 Å². The first-order chi connectivity index (χ1) is 7.84. The van der Waals surface area contributed by atoms with E-state index in [9.17, 15) is 9.59 Å². The van der Waals surface area contributed by atoms with Crippen molar-refractivity contribution in [2.24, 2.45) is 5.41 Å². The maximum Gasteiger partial charge on any atom is 0.307 e. The van der Waals surface area contributed by atoms with Crippen LogP contribution in [0.4, 0.5) is 0 Å². The molecule has 0 atom stereocenters. The molecule has 0 aliphatic heterocycles. The number of carboxylic acid groups (broad SMARTS) is 1. The zero-order valence-corrected chi connectivity index (χ0v) is 10.7. The van der Waals surface area contributed by atoms with E-state index in [-0.39, 0.29) is 17.6 Å². The number of hydrogen-bond acceptors (Lipinski definition) is 2. The van der Waals surface area contributed by atoms with Crippen LogP contribution in [0.3, 0.4) is 0 Å². The van der Waals surface area contributed by atoms with E-state index in [2.05, 4.69) is 13.8 Å². The Balaban J connectivity index is 2.86. The summed E-state index contributed by atoms with van der Waals surface area (Å²) in [6.45, 7) is 6.15. The molecule has 1 aliphatic carbocycles. The Labute approximate surface area is 102 Å². The van der Waals surface area contributed by atoms with Gasteiger partial charge in [0.15, 0.2) is 5.78 Å². The Morgan fingerprint density at radius 1 is 1.41 bits per heavy atom. The molecule has 0 aromatic heterocycles. The lowest BCUT2D eigenvalue weighted by molar-refractivity contribution is -0.136. The summed E-state index contributed by atoms with van der Waals surface area (Å²) in [6, 6.07) is 0. The summed E-state index contributed by atoms with van der Waals surface area (Å²) in [6.07, 6.45) is 5.83. The van der Waals surface area contributed by atoms with Crippen LogP contribution in [0.2, 0.25) is 0 Å². The number of aliphatic carboxylic acids is 1. The zero-order chi connectivity index (χ0) is 13.1. The minimum Gasteiger partial charge on any atom is -0.481 e. The van der Waals surface area contributed by atoms with E-state index in [0.29, 0.717) is 0 Å². The third-order valence-corrected chi connectivity index (χ3v) is 3.27. The number of carbonyl (C=O) groups is 2. The molecule has 0 unspecified atom stereocenters. The summed E-state index contributed by atoms with van der Waals surface area (Å²) in [5.74, 6) is -0.948. The van der Waals surface area contributed by atoms with Gasteiger partial charge in [-0.05, 0) is 37.7 Å². The van der Waals surface area contributed by atoms with Gasteiger partial charge in [0.25, 0.3) is 0 Å². The van der Waals surface area contributed by atoms with E-state index in [4.69, 9.17) is 5.11 Å². The highest BCUT2D eigenvalue weighted by atomic mass is 16.4. The average molecular weight is 236 g/mol. The first-order valence-electron chi connectivity index (χ1n) is 5.97. The second-order valence-corrected chi connectivity index (χ2v) is 5.26. The quantitative estimate of drug-likeness (QED) is 0.763. The molecule has 1 rings (SSSR count). The van der Waals surface area contributed by atoms with Gasteiger partial charge in [-0.25, -0.2) is 0 Å². The summed E-state index contributed by atoms with van der Waals surface area (Å²) in [5, 5.41) is 8.52. The molecule has 3 heteroatoms. The zero-order valence-electron chi connectivity index (χ0n) is 10.7. The van der Waals surface area contributed by atoms with Crippen LogP contribution >= 0.6 is 0 Å². The van der Waals surface area contributed by atoms with Crippen molar-refractivity contribution in [2.75, 3.05) is 0 Å². The fraction of sp³-hybridized carbons (Fsp3) is 0.571. The molecular weight excluding hydrogens is 216 g/mol. The lowest BCUT2D eigenvalue weighted by Gasteiger charge is -2.32. The summed E-state index contributed by atoms with van der Waals surface area (Å²) in [7, 11) is 0. The first kappa shape index (κ1) is 13.7. The molecule has 0 fully saturated rings. The van der Waals surface area contributed by atoms with E-state index in [1.54, 1.807) is 0 Å². The second-order valence-electron chi connectivity index (χ2n) is 5.26. The van der Waals surface area contributed by atoms with Crippen molar-refractivity contribution >= 4 is 11.8 Å². The van der Waals surface area contributed by atoms with Crippen molar-refractivity contribution in [1.29, 1.82) is 0 Å². The molecule has 0 spiro atoms. The van der Waals surface area contributed by atoms with Crippen LogP contribution in [0.15, 0.2) is 23.3 Å². The number of carboxylic acids is 1. The van der Waals surface area contributed by atoms with Crippen molar-refractivity contribution in [3.63, 3.8) is 0 Å². The van der Waals surface area contributed by atoms with Gasteiger partial charge in [-0.1, -0.05) is 25.5 Å². The second kappa shape index (κ2) is 5.30. The lowest BCUT2D eigenvalue weighted by Crippen LogP contribution is -2.25. The fourth-order valence-corrected chi connectivity index (χ4v) is 2.52. The fourth-order valence-electron chi connectivity index (χ4n) is 2.52. The van der Waals surface area contributed by atoms with E-state index < -0.39 is 5.97 Å². The Morgan fingerprint density at radius 2 is 2.06 bits per heavy atom. The van der Waals surface area contributed by atoms with Gasteiger partial charge in [0, 0.05) is 5.57 Å². The molecule has 0 saturated carbocycles. The molecule has 94 valence electrons. The summed E-state index contributed by atoms with van der Waals surface area (Å²) >= 11 is 0. The van der Waals surface area contributed by atoms with E-state index in [1.807, 2.05) is 6.92 Å². The summed E-state index contributed by atoms with van der Waals surface area (Å²) in [5.41, 5.74) is 1.92. The molecule has 1 aliphatic rings. The van der Waals surface area contributed by atoms with Gasteiger partial charge < -0.3 is 5.11 Å². The third-order valence-electron chi connectivity index (χ3n) is 3.27. The molecule has 17 heavy (non-hydrogen) atoms. The monoisotopic (exact) mass is 236 g/mol. The number of rotatable bonds is 4. The van der Waals surface area contributed by atoms with Crippen molar-refractivity contribution in [2.45, 2.75) is 46.5 Å². The largest absolute Gasteiger partial charge is 0.481 e. The predicted octanol–water partition coefficient (Wildman–Crippen LogP) is 3.11. The minimum atomic E-state index is -0.914. The standard InChI is InChI=1S/C14H20O3/c1-10-6-5-9-14(2,3)13(10)11(15)7-4-8-12(16)17/h4,7H,5-6,8-9H2,1-3H3,(H,16,17)/b7-4+.